The molecule has 32 heavy (non-hydrogen) atoms. The fourth-order valence-electron chi connectivity index (χ4n) is 2.78. The first kappa shape index (κ1) is 29.1. The second-order valence-electron chi connectivity index (χ2n) is 7.90. The minimum Gasteiger partial charge on any atom is -0.480 e. The summed E-state index contributed by atoms with van der Waals surface area (Å²) in [5.41, 5.74) is 16.6. The molecule has 12 heteroatoms. The molecule has 10 N–H and O–H groups in total. The SMILES string of the molecule is CCC(C)C(N)C(=O)NC(C(=O)NC(CCCN=C(N)N)C(=O)NCC(=O)O)C(C)CC. The number of carbonyl (C=O) groups is 4. The number of guanidine groups is 1. The molecule has 0 rings (SSSR count). The molecule has 0 aliphatic carbocycles. The molecular formula is C20H39N7O5. The molecule has 0 aromatic carbocycles. The maximum atomic E-state index is 13.0. The average Bonchev–Trinajstić information content (AvgIpc) is 2.75. The predicted molar refractivity (Wildman–Crippen MR) is 121 cm³/mol. The van der Waals surface area contributed by atoms with Crippen molar-refractivity contribution in [3.05, 3.63) is 0 Å². The van der Waals surface area contributed by atoms with Gasteiger partial charge in [0.05, 0.1) is 6.04 Å². The molecule has 0 aliphatic rings. The number of carboxylic acid groups (broad SMARTS) is 1. The molecule has 5 unspecified atom stereocenters. The van der Waals surface area contributed by atoms with E-state index >= 15 is 0 Å². The number of rotatable bonds is 15. The van der Waals surface area contributed by atoms with E-state index in [2.05, 4.69) is 20.9 Å². The van der Waals surface area contributed by atoms with Gasteiger partial charge in [0, 0.05) is 6.54 Å². The van der Waals surface area contributed by atoms with Gasteiger partial charge in [-0.25, -0.2) is 0 Å². The van der Waals surface area contributed by atoms with Crippen molar-refractivity contribution in [2.75, 3.05) is 13.1 Å². The molecule has 0 heterocycles. The van der Waals surface area contributed by atoms with Crippen molar-refractivity contribution in [1.29, 1.82) is 0 Å². The molecule has 0 aromatic rings. The van der Waals surface area contributed by atoms with E-state index in [4.69, 9.17) is 22.3 Å². The van der Waals surface area contributed by atoms with Crippen LogP contribution in [0.25, 0.3) is 0 Å². The standard InChI is InChI=1S/C20H39N7O5/c1-5-11(3)15(21)18(31)27-16(12(4)6-2)19(32)26-13(8-7-9-24-20(22)23)17(30)25-10-14(28)29/h11-13,15-16H,5-10,21H2,1-4H3,(H,25,30)(H,26,32)(H,27,31)(H,28,29)(H4,22,23,24). The average molecular weight is 458 g/mol. The van der Waals surface area contributed by atoms with E-state index < -0.39 is 48.4 Å². The molecule has 0 spiro atoms. The number of carbonyl (C=O) groups excluding carboxylic acids is 3. The number of hydrogen-bond donors (Lipinski definition) is 7. The Morgan fingerprint density at radius 3 is 2.03 bits per heavy atom. The van der Waals surface area contributed by atoms with E-state index in [1.807, 2.05) is 20.8 Å². The van der Waals surface area contributed by atoms with Crippen molar-refractivity contribution in [3.63, 3.8) is 0 Å². The van der Waals surface area contributed by atoms with Gasteiger partial charge in [-0.05, 0) is 24.7 Å². The van der Waals surface area contributed by atoms with Gasteiger partial charge in [0.25, 0.3) is 0 Å². The number of carboxylic acids is 1. The van der Waals surface area contributed by atoms with E-state index in [-0.39, 0.29) is 30.8 Å². The monoisotopic (exact) mass is 457 g/mol. The summed E-state index contributed by atoms with van der Waals surface area (Å²) in [6.45, 7) is 7.08. The van der Waals surface area contributed by atoms with Crippen molar-refractivity contribution in [2.45, 2.75) is 71.5 Å². The van der Waals surface area contributed by atoms with Crippen LogP contribution in [0.2, 0.25) is 0 Å². The fourth-order valence-corrected chi connectivity index (χ4v) is 2.78. The van der Waals surface area contributed by atoms with Crippen LogP contribution < -0.4 is 33.2 Å². The Balaban J connectivity index is 5.41. The fraction of sp³-hybridized carbons (Fsp3) is 0.750. The molecule has 0 aromatic heterocycles. The summed E-state index contributed by atoms with van der Waals surface area (Å²) < 4.78 is 0. The highest BCUT2D eigenvalue weighted by molar-refractivity contribution is 5.93. The smallest absolute Gasteiger partial charge is 0.322 e. The van der Waals surface area contributed by atoms with E-state index in [9.17, 15) is 19.2 Å². The Hall–Kier alpha value is -2.89. The van der Waals surface area contributed by atoms with Crippen LogP contribution in [-0.4, -0.2) is 66.0 Å². The largest absolute Gasteiger partial charge is 0.480 e. The summed E-state index contributed by atoms with van der Waals surface area (Å²) in [6.07, 6.45) is 1.83. The predicted octanol–water partition coefficient (Wildman–Crippen LogP) is -1.37. The Labute approximate surface area is 189 Å². The highest BCUT2D eigenvalue weighted by Crippen LogP contribution is 2.12. The lowest BCUT2D eigenvalue weighted by Crippen LogP contribution is -2.58. The Kier molecular flexibility index (Phi) is 13.6. The van der Waals surface area contributed by atoms with E-state index in [0.29, 0.717) is 19.3 Å². The Morgan fingerprint density at radius 1 is 0.938 bits per heavy atom. The zero-order chi connectivity index (χ0) is 24.8. The highest BCUT2D eigenvalue weighted by atomic mass is 16.4. The van der Waals surface area contributed by atoms with Crippen LogP contribution in [0.15, 0.2) is 4.99 Å². The van der Waals surface area contributed by atoms with Gasteiger partial charge in [-0.15, -0.1) is 0 Å². The molecule has 0 saturated heterocycles. The molecule has 5 atom stereocenters. The zero-order valence-electron chi connectivity index (χ0n) is 19.4. The van der Waals surface area contributed by atoms with Gasteiger partial charge >= 0.3 is 5.97 Å². The second-order valence-corrected chi connectivity index (χ2v) is 7.90. The van der Waals surface area contributed by atoms with E-state index in [1.165, 1.54) is 0 Å². The van der Waals surface area contributed by atoms with Crippen LogP contribution in [-0.2, 0) is 19.2 Å². The lowest BCUT2D eigenvalue weighted by Gasteiger charge is -2.28. The third-order valence-corrected chi connectivity index (χ3v) is 5.35. The molecular weight excluding hydrogens is 418 g/mol. The molecule has 12 nitrogen and oxygen atoms in total. The third kappa shape index (κ3) is 10.9. The van der Waals surface area contributed by atoms with Crippen LogP contribution in [0.5, 0.6) is 0 Å². The van der Waals surface area contributed by atoms with Crippen molar-refractivity contribution < 1.29 is 24.3 Å². The van der Waals surface area contributed by atoms with Crippen LogP contribution in [0.3, 0.4) is 0 Å². The topological polar surface area (TPSA) is 215 Å². The lowest BCUT2D eigenvalue weighted by molar-refractivity contribution is -0.138. The summed E-state index contributed by atoms with van der Waals surface area (Å²) in [4.78, 5) is 52.6. The number of nitrogens with two attached hydrogens (primary N) is 3. The first-order chi connectivity index (χ1) is 14.9. The zero-order valence-corrected chi connectivity index (χ0v) is 19.4. The van der Waals surface area contributed by atoms with Gasteiger partial charge in [0.1, 0.15) is 18.6 Å². The number of nitrogens with one attached hydrogen (secondary N) is 3. The number of aliphatic carboxylic acids is 1. The normalized spacial score (nSPS) is 15.4. The minimum absolute atomic E-state index is 0.0688. The number of nitrogens with zero attached hydrogens (tertiary/aromatic N) is 1. The molecule has 184 valence electrons. The summed E-state index contributed by atoms with van der Waals surface area (Å²) >= 11 is 0. The maximum Gasteiger partial charge on any atom is 0.322 e. The molecule has 3 amide bonds. The second kappa shape index (κ2) is 15.0. The molecule has 0 fully saturated rings. The van der Waals surface area contributed by atoms with Crippen LogP contribution >= 0.6 is 0 Å². The Bertz CT molecular complexity index is 667. The summed E-state index contributed by atoms with van der Waals surface area (Å²) in [7, 11) is 0. The molecule has 0 aliphatic heterocycles. The van der Waals surface area contributed by atoms with Gasteiger partial charge in [-0.1, -0.05) is 40.5 Å². The van der Waals surface area contributed by atoms with Crippen molar-refractivity contribution in [3.8, 4) is 0 Å². The van der Waals surface area contributed by atoms with Crippen molar-refractivity contribution >= 4 is 29.7 Å². The van der Waals surface area contributed by atoms with Crippen LogP contribution in [0.1, 0.15) is 53.4 Å². The quantitative estimate of drug-likeness (QED) is 0.0882. The van der Waals surface area contributed by atoms with Crippen molar-refractivity contribution in [2.24, 2.45) is 34.0 Å². The summed E-state index contributed by atoms with van der Waals surface area (Å²) in [6, 6.07) is -2.70. The number of amides is 3. The maximum absolute atomic E-state index is 13.0. The van der Waals surface area contributed by atoms with E-state index in [1.54, 1.807) is 6.92 Å². The Morgan fingerprint density at radius 2 is 1.53 bits per heavy atom. The van der Waals surface area contributed by atoms with Crippen molar-refractivity contribution in [1.82, 2.24) is 16.0 Å². The highest BCUT2D eigenvalue weighted by Gasteiger charge is 2.31. The van der Waals surface area contributed by atoms with Gasteiger partial charge < -0.3 is 38.3 Å². The van der Waals surface area contributed by atoms with Crippen LogP contribution in [0.4, 0.5) is 0 Å². The van der Waals surface area contributed by atoms with Gasteiger partial charge in [-0.3, -0.25) is 24.2 Å². The molecule has 0 radical (unpaired) electrons. The first-order valence-corrected chi connectivity index (χ1v) is 10.9. The van der Waals surface area contributed by atoms with Crippen LogP contribution in [0, 0.1) is 11.8 Å². The minimum atomic E-state index is -1.22. The molecule has 0 bridgehead atoms. The van der Waals surface area contributed by atoms with Gasteiger partial charge in [-0.2, -0.15) is 0 Å². The number of hydrogen-bond acceptors (Lipinski definition) is 6. The third-order valence-electron chi connectivity index (χ3n) is 5.35. The van der Waals surface area contributed by atoms with Gasteiger partial charge in [0.15, 0.2) is 5.96 Å². The molecule has 0 saturated carbocycles. The summed E-state index contributed by atoms with van der Waals surface area (Å²) in [5, 5.41) is 16.4. The lowest BCUT2D eigenvalue weighted by atomic mass is 9.95. The van der Waals surface area contributed by atoms with Gasteiger partial charge in [0.2, 0.25) is 17.7 Å². The number of aliphatic imine (C=N–C) groups is 1. The summed E-state index contributed by atoms with van der Waals surface area (Å²) in [5.74, 6) is -3.27. The first-order valence-electron chi connectivity index (χ1n) is 10.9. The van der Waals surface area contributed by atoms with E-state index in [0.717, 1.165) is 0 Å².